The van der Waals surface area contributed by atoms with Crippen LogP contribution in [0.25, 0.3) is 22.2 Å². The summed E-state index contributed by atoms with van der Waals surface area (Å²) in [6.45, 7) is 3.09. The van der Waals surface area contributed by atoms with Crippen molar-refractivity contribution in [2.24, 2.45) is 0 Å². The van der Waals surface area contributed by atoms with Gasteiger partial charge in [0, 0.05) is 35.7 Å². The van der Waals surface area contributed by atoms with Gasteiger partial charge in [0.25, 0.3) is 5.91 Å². The molecule has 1 atom stereocenters. The molecule has 0 aliphatic carbocycles. The molecule has 0 saturated carbocycles. The summed E-state index contributed by atoms with van der Waals surface area (Å²) >= 11 is 0. The van der Waals surface area contributed by atoms with Crippen LogP contribution in [0.2, 0.25) is 0 Å². The van der Waals surface area contributed by atoms with Gasteiger partial charge >= 0.3 is 6.36 Å². The number of H-pyrrole nitrogens is 1. The Morgan fingerprint density at radius 1 is 1.11 bits per heavy atom. The SMILES string of the molecule is Cc1c(C(=O)N2CCC[C@@H](c3ccc4cn[nH]c4n3)C2)cccc1-c1ccc(OC(F)(F)F)cc1. The molecule has 180 valence electrons. The van der Waals surface area contributed by atoms with Crippen molar-refractivity contribution in [3.8, 4) is 16.9 Å². The number of alkyl halides is 3. The molecule has 1 fully saturated rings. The first-order valence-electron chi connectivity index (χ1n) is 11.3. The van der Waals surface area contributed by atoms with Crippen LogP contribution in [0.3, 0.4) is 0 Å². The Hall–Kier alpha value is -3.88. The van der Waals surface area contributed by atoms with Gasteiger partial charge in [0.2, 0.25) is 0 Å². The fraction of sp³-hybridized carbons (Fsp3) is 0.269. The Kier molecular flexibility index (Phi) is 5.92. The van der Waals surface area contributed by atoms with Gasteiger partial charge in [-0.25, -0.2) is 4.98 Å². The molecule has 0 unspecified atom stereocenters. The molecular weight excluding hydrogens is 457 g/mol. The average molecular weight is 480 g/mol. The van der Waals surface area contributed by atoms with Crippen LogP contribution in [0, 0.1) is 6.92 Å². The third kappa shape index (κ3) is 4.84. The van der Waals surface area contributed by atoms with Crippen molar-refractivity contribution in [3.05, 3.63) is 77.6 Å². The maximum Gasteiger partial charge on any atom is 0.573 e. The first kappa shape index (κ1) is 22.9. The summed E-state index contributed by atoms with van der Waals surface area (Å²) in [6.07, 6.45) is -1.19. The molecule has 9 heteroatoms. The highest BCUT2D eigenvalue weighted by Gasteiger charge is 2.31. The maximum absolute atomic E-state index is 13.5. The van der Waals surface area contributed by atoms with Gasteiger partial charge in [0.05, 0.1) is 6.20 Å². The standard InChI is InChI=1S/C26H23F3N4O2/c1-16-21(17-7-10-20(11-8-17)35-26(27,28)29)5-2-6-22(16)25(34)33-13-3-4-19(15-33)23-12-9-18-14-30-32-24(18)31-23/h2,5-12,14,19H,3-4,13,15H2,1H3,(H,30,31,32)/t19-/m1/s1. The number of piperidine rings is 1. The number of aromatic nitrogens is 3. The van der Waals surface area contributed by atoms with Crippen molar-refractivity contribution in [2.45, 2.75) is 32.0 Å². The smallest absolute Gasteiger partial charge is 0.406 e. The van der Waals surface area contributed by atoms with Crippen molar-refractivity contribution in [2.75, 3.05) is 13.1 Å². The number of halogens is 3. The number of hydrogen-bond acceptors (Lipinski definition) is 4. The molecule has 0 bridgehead atoms. The van der Waals surface area contributed by atoms with Crippen LogP contribution in [0.5, 0.6) is 5.75 Å². The van der Waals surface area contributed by atoms with Crippen molar-refractivity contribution in [1.82, 2.24) is 20.1 Å². The quantitative estimate of drug-likeness (QED) is 0.398. The minimum absolute atomic E-state index is 0.0614. The first-order valence-corrected chi connectivity index (χ1v) is 11.3. The number of carbonyl (C=O) groups is 1. The minimum Gasteiger partial charge on any atom is -0.406 e. The largest absolute Gasteiger partial charge is 0.573 e. The van der Waals surface area contributed by atoms with E-state index in [1.54, 1.807) is 30.5 Å². The van der Waals surface area contributed by atoms with E-state index in [0.29, 0.717) is 24.2 Å². The van der Waals surface area contributed by atoms with Gasteiger partial charge in [-0.05, 0) is 66.8 Å². The minimum atomic E-state index is -4.74. The molecule has 0 spiro atoms. The summed E-state index contributed by atoms with van der Waals surface area (Å²) in [4.78, 5) is 20.1. The third-order valence-electron chi connectivity index (χ3n) is 6.41. The number of nitrogens with zero attached hydrogens (tertiary/aromatic N) is 3. The lowest BCUT2D eigenvalue weighted by atomic mass is 9.92. The van der Waals surface area contributed by atoms with Gasteiger partial charge in [0.1, 0.15) is 5.75 Å². The lowest BCUT2D eigenvalue weighted by molar-refractivity contribution is -0.274. The van der Waals surface area contributed by atoms with Crippen LogP contribution in [0.15, 0.2) is 60.8 Å². The number of pyridine rings is 1. The molecule has 3 heterocycles. The Balaban J connectivity index is 1.36. The van der Waals surface area contributed by atoms with Gasteiger partial charge in [-0.3, -0.25) is 9.89 Å². The summed E-state index contributed by atoms with van der Waals surface area (Å²) in [5.41, 5.74) is 4.53. The topological polar surface area (TPSA) is 71.1 Å². The lowest BCUT2D eigenvalue weighted by Gasteiger charge is -2.33. The van der Waals surface area contributed by atoms with Gasteiger partial charge < -0.3 is 9.64 Å². The number of hydrogen-bond donors (Lipinski definition) is 1. The summed E-state index contributed by atoms with van der Waals surface area (Å²) < 4.78 is 41.4. The molecule has 0 radical (unpaired) electrons. The second kappa shape index (κ2) is 9.05. The van der Waals surface area contributed by atoms with E-state index in [0.717, 1.165) is 40.7 Å². The van der Waals surface area contributed by atoms with Gasteiger partial charge in [-0.15, -0.1) is 13.2 Å². The molecule has 35 heavy (non-hydrogen) atoms. The predicted octanol–water partition coefficient (Wildman–Crippen LogP) is 5.85. The number of carbonyl (C=O) groups excluding carboxylic acids is 1. The van der Waals surface area contributed by atoms with Crippen LogP contribution in [-0.2, 0) is 0 Å². The molecule has 4 aromatic rings. The van der Waals surface area contributed by atoms with E-state index in [2.05, 4.69) is 19.9 Å². The molecule has 6 nitrogen and oxygen atoms in total. The lowest BCUT2D eigenvalue weighted by Crippen LogP contribution is -2.39. The Labute approximate surface area is 199 Å². The second-order valence-corrected chi connectivity index (χ2v) is 8.68. The summed E-state index contributed by atoms with van der Waals surface area (Å²) in [5.74, 6) is -0.217. The predicted molar refractivity (Wildman–Crippen MR) is 125 cm³/mol. The normalized spacial score (nSPS) is 16.5. The zero-order chi connectivity index (χ0) is 24.6. The van der Waals surface area contributed by atoms with Crippen LogP contribution in [0.4, 0.5) is 13.2 Å². The average Bonchev–Trinajstić information content (AvgIpc) is 3.32. The van der Waals surface area contributed by atoms with Crippen LogP contribution in [0.1, 0.15) is 40.4 Å². The van der Waals surface area contributed by atoms with Gasteiger partial charge in [-0.1, -0.05) is 24.3 Å². The molecule has 2 aromatic heterocycles. The van der Waals surface area contributed by atoms with E-state index >= 15 is 0 Å². The number of amides is 1. The fourth-order valence-corrected chi connectivity index (χ4v) is 4.66. The zero-order valence-electron chi connectivity index (χ0n) is 19.0. The number of nitrogens with one attached hydrogen (secondary N) is 1. The Morgan fingerprint density at radius 2 is 1.91 bits per heavy atom. The second-order valence-electron chi connectivity index (χ2n) is 8.68. The number of benzene rings is 2. The van der Waals surface area contributed by atoms with Crippen LogP contribution >= 0.6 is 0 Å². The van der Waals surface area contributed by atoms with Gasteiger partial charge in [-0.2, -0.15) is 5.10 Å². The number of ether oxygens (including phenoxy) is 1. The molecule has 1 aliphatic rings. The highest BCUT2D eigenvalue weighted by atomic mass is 19.4. The first-order chi connectivity index (χ1) is 16.8. The van der Waals surface area contributed by atoms with Crippen molar-refractivity contribution in [1.29, 1.82) is 0 Å². The number of likely N-dealkylation sites (tertiary alicyclic amines) is 1. The van der Waals surface area contributed by atoms with E-state index in [9.17, 15) is 18.0 Å². The van der Waals surface area contributed by atoms with Crippen LogP contribution in [-0.4, -0.2) is 45.4 Å². The van der Waals surface area contributed by atoms with Crippen molar-refractivity contribution >= 4 is 16.9 Å². The van der Waals surface area contributed by atoms with E-state index in [1.807, 2.05) is 30.0 Å². The Morgan fingerprint density at radius 3 is 2.69 bits per heavy atom. The summed E-state index contributed by atoms with van der Waals surface area (Å²) in [6, 6.07) is 15.1. The Bertz CT molecular complexity index is 1370. The van der Waals surface area contributed by atoms with E-state index in [-0.39, 0.29) is 17.6 Å². The van der Waals surface area contributed by atoms with Gasteiger partial charge in [0.15, 0.2) is 5.65 Å². The van der Waals surface area contributed by atoms with Crippen molar-refractivity contribution in [3.63, 3.8) is 0 Å². The maximum atomic E-state index is 13.5. The third-order valence-corrected chi connectivity index (χ3v) is 6.41. The number of fused-ring (bicyclic) bond motifs is 1. The zero-order valence-corrected chi connectivity index (χ0v) is 19.0. The molecular formula is C26H23F3N4O2. The summed E-state index contributed by atoms with van der Waals surface area (Å²) in [5, 5.41) is 7.87. The van der Waals surface area contributed by atoms with Crippen LogP contribution < -0.4 is 4.74 Å². The molecule has 1 N–H and O–H groups in total. The van der Waals surface area contributed by atoms with Crippen molar-refractivity contribution < 1.29 is 22.7 Å². The monoisotopic (exact) mass is 480 g/mol. The molecule has 1 saturated heterocycles. The van der Waals surface area contributed by atoms with E-state index in [1.165, 1.54) is 12.1 Å². The molecule has 1 aliphatic heterocycles. The summed E-state index contributed by atoms with van der Waals surface area (Å²) in [7, 11) is 0. The molecule has 5 rings (SSSR count). The van der Waals surface area contributed by atoms with E-state index in [4.69, 9.17) is 0 Å². The fourth-order valence-electron chi connectivity index (χ4n) is 4.66. The molecule has 1 amide bonds. The molecule has 2 aromatic carbocycles. The number of rotatable bonds is 4. The highest BCUT2D eigenvalue weighted by molar-refractivity contribution is 5.97. The van der Waals surface area contributed by atoms with E-state index < -0.39 is 6.36 Å². The highest BCUT2D eigenvalue weighted by Crippen LogP contribution is 2.32. The number of aromatic amines is 1.